The molecule has 0 amide bonds. The van der Waals surface area contributed by atoms with Crippen molar-refractivity contribution in [1.82, 2.24) is 5.32 Å². The van der Waals surface area contributed by atoms with Crippen molar-refractivity contribution >= 4 is 0 Å². The maximum atomic E-state index is 5.20. The first-order valence-electron chi connectivity index (χ1n) is 7.87. The summed E-state index contributed by atoms with van der Waals surface area (Å²) in [4.78, 5) is 0. The molecule has 1 aromatic rings. The molecule has 1 aliphatic carbocycles. The largest absolute Gasteiger partial charge is 0.497 e. The maximum Gasteiger partial charge on any atom is 0.118 e. The first kappa shape index (κ1) is 15.4. The van der Waals surface area contributed by atoms with E-state index in [9.17, 15) is 0 Å². The van der Waals surface area contributed by atoms with Gasteiger partial charge in [0, 0.05) is 12.1 Å². The molecule has 0 bridgehead atoms. The quantitative estimate of drug-likeness (QED) is 0.870. The zero-order valence-electron chi connectivity index (χ0n) is 13.4. The lowest BCUT2D eigenvalue weighted by atomic mass is 9.75. The topological polar surface area (TPSA) is 21.3 Å². The van der Waals surface area contributed by atoms with Crippen LogP contribution in [0.2, 0.25) is 0 Å². The van der Waals surface area contributed by atoms with E-state index in [0.29, 0.717) is 17.5 Å². The van der Waals surface area contributed by atoms with Gasteiger partial charge in [-0.1, -0.05) is 26.0 Å². The molecule has 0 heterocycles. The standard InChI is InChI=1S/C18H29NO/c1-14(13-15-5-7-17(20-4)8-6-15)19-16-9-11-18(2,3)12-10-16/h5-8,14,16,19H,9-13H2,1-4H3. The van der Waals surface area contributed by atoms with Crippen LogP contribution in [0, 0.1) is 5.41 Å². The molecular formula is C18H29NO. The first-order chi connectivity index (χ1) is 9.48. The summed E-state index contributed by atoms with van der Waals surface area (Å²) in [6.07, 6.45) is 6.42. The van der Waals surface area contributed by atoms with Gasteiger partial charge >= 0.3 is 0 Å². The summed E-state index contributed by atoms with van der Waals surface area (Å²) in [5.41, 5.74) is 1.93. The van der Waals surface area contributed by atoms with Crippen molar-refractivity contribution in [2.45, 2.75) is 65.0 Å². The maximum absolute atomic E-state index is 5.20. The van der Waals surface area contributed by atoms with Crippen LogP contribution in [0.15, 0.2) is 24.3 Å². The molecular weight excluding hydrogens is 246 g/mol. The third-order valence-corrected chi connectivity index (χ3v) is 4.56. The molecule has 20 heavy (non-hydrogen) atoms. The molecule has 0 aromatic heterocycles. The third kappa shape index (κ3) is 4.52. The summed E-state index contributed by atoms with van der Waals surface area (Å²) >= 11 is 0. The number of rotatable bonds is 5. The summed E-state index contributed by atoms with van der Waals surface area (Å²) in [7, 11) is 1.71. The SMILES string of the molecule is COc1ccc(CC(C)NC2CCC(C)(C)CC2)cc1. The van der Waals surface area contributed by atoms with Crippen LogP contribution in [-0.4, -0.2) is 19.2 Å². The highest BCUT2D eigenvalue weighted by molar-refractivity contribution is 5.27. The average Bonchev–Trinajstić information content (AvgIpc) is 2.42. The van der Waals surface area contributed by atoms with E-state index in [1.54, 1.807) is 7.11 Å². The smallest absolute Gasteiger partial charge is 0.118 e. The normalized spacial score (nSPS) is 20.6. The van der Waals surface area contributed by atoms with E-state index in [0.717, 1.165) is 12.2 Å². The zero-order chi connectivity index (χ0) is 14.6. The van der Waals surface area contributed by atoms with E-state index < -0.39 is 0 Å². The predicted molar refractivity (Wildman–Crippen MR) is 85.3 cm³/mol. The molecule has 1 aliphatic rings. The molecule has 1 unspecified atom stereocenters. The van der Waals surface area contributed by atoms with Gasteiger partial charge < -0.3 is 10.1 Å². The summed E-state index contributed by atoms with van der Waals surface area (Å²) in [6.45, 7) is 7.08. The van der Waals surface area contributed by atoms with Crippen LogP contribution in [0.5, 0.6) is 5.75 Å². The average molecular weight is 275 g/mol. The van der Waals surface area contributed by atoms with E-state index >= 15 is 0 Å². The Morgan fingerprint density at radius 1 is 1.20 bits per heavy atom. The van der Waals surface area contributed by atoms with Crippen LogP contribution < -0.4 is 10.1 Å². The molecule has 0 spiro atoms. The number of hydrogen-bond donors (Lipinski definition) is 1. The fourth-order valence-electron chi connectivity index (χ4n) is 3.14. The zero-order valence-corrected chi connectivity index (χ0v) is 13.4. The Morgan fingerprint density at radius 3 is 2.35 bits per heavy atom. The number of benzene rings is 1. The van der Waals surface area contributed by atoms with E-state index in [1.165, 1.54) is 31.2 Å². The van der Waals surface area contributed by atoms with Crippen LogP contribution in [-0.2, 0) is 6.42 Å². The summed E-state index contributed by atoms with van der Waals surface area (Å²) in [6, 6.07) is 9.67. The van der Waals surface area contributed by atoms with Gasteiger partial charge in [-0.3, -0.25) is 0 Å². The minimum atomic E-state index is 0.537. The Bertz CT molecular complexity index is 400. The van der Waals surface area contributed by atoms with Gasteiger partial charge in [-0.25, -0.2) is 0 Å². The molecule has 112 valence electrons. The fourth-order valence-corrected chi connectivity index (χ4v) is 3.14. The van der Waals surface area contributed by atoms with Crippen LogP contribution in [0.1, 0.15) is 52.0 Å². The van der Waals surface area contributed by atoms with Crippen LogP contribution >= 0.6 is 0 Å². The number of hydrogen-bond acceptors (Lipinski definition) is 2. The van der Waals surface area contributed by atoms with Crippen molar-refractivity contribution in [2.75, 3.05) is 7.11 Å². The van der Waals surface area contributed by atoms with Gasteiger partial charge in [-0.05, 0) is 62.1 Å². The summed E-state index contributed by atoms with van der Waals surface area (Å²) in [5, 5.41) is 3.80. The van der Waals surface area contributed by atoms with Gasteiger partial charge in [-0.2, -0.15) is 0 Å². The Kier molecular flexibility index (Phi) is 5.09. The lowest BCUT2D eigenvalue weighted by Crippen LogP contribution is -2.41. The van der Waals surface area contributed by atoms with Crippen molar-refractivity contribution in [3.63, 3.8) is 0 Å². The Balaban J connectivity index is 1.78. The second-order valence-corrected chi connectivity index (χ2v) is 7.06. The van der Waals surface area contributed by atoms with Gasteiger partial charge in [0.25, 0.3) is 0 Å². The molecule has 1 aromatic carbocycles. The second kappa shape index (κ2) is 6.62. The van der Waals surface area contributed by atoms with Gasteiger partial charge in [-0.15, -0.1) is 0 Å². The van der Waals surface area contributed by atoms with Gasteiger partial charge in [0.05, 0.1) is 7.11 Å². The second-order valence-electron chi connectivity index (χ2n) is 7.06. The lowest BCUT2D eigenvalue weighted by molar-refractivity contribution is 0.199. The molecule has 1 saturated carbocycles. The molecule has 0 radical (unpaired) electrons. The molecule has 1 fully saturated rings. The van der Waals surface area contributed by atoms with E-state index in [1.807, 2.05) is 12.1 Å². The molecule has 0 saturated heterocycles. The number of methoxy groups -OCH3 is 1. The van der Waals surface area contributed by atoms with Crippen molar-refractivity contribution in [2.24, 2.45) is 5.41 Å². The molecule has 2 rings (SSSR count). The Morgan fingerprint density at radius 2 is 1.80 bits per heavy atom. The van der Waals surface area contributed by atoms with E-state index in [-0.39, 0.29) is 0 Å². The first-order valence-corrected chi connectivity index (χ1v) is 7.87. The van der Waals surface area contributed by atoms with Crippen LogP contribution in [0.4, 0.5) is 0 Å². The number of ether oxygens (including phenoxy) is 1. The number of nitrogens with one attached hydrogen (secondary N) is 1. The van der Waals surface area contributed by atoms with Crippen molar-refractivity contribution in [3.05, 3.63) is 29.8 Å². The van der Waals surface area contributed by atoms with E-state index in [4.69, 9.17) is 4.74 Å². The lowest BCUT2D eigenvalue weighted by Gasteiger charge is -2.36. The van der Waals surface area contributed by atoms with Crippen molar-refractivity contribution in [1.29, 1.82) is 0 Å². The highest BCUT2D eigenvalue weighted by Gasteiger charge is 2.27. The van der Waals surface area contributed by atoms with Crippen molar-refractivity contribution in [3.8, 4) is 5.75 Å². The minimum absolute atomic E-state index is 0.537. The third-order valence-electron chi connectivity index (χ3n) is 4.56. The molecule has 1 N–H and O–H groups in total. The van der Waals surface area contributed by atoms with Crippen LogP contribution in [0.3, 0.4) is 0 Å². The van der Waals surface area contributed by atoms with Gasteiger partial charge in [0.2, 0.25) is 0 Å². The Hall–Kier alpha value is -1.02. The van der Waals surface area contributed by atoms with Gasteiger partial charge in [0.1, 0.15) is 5.75 Å². The molecule has 2 nitrogen and oxygen atoms in total. The summed E-state index contributed by atoms with van der Waals surface area (Å²) < 4.78 is 5.20. The molecule has 1 atom stereocenters. The predicted octanol–water partition coefficient (Wildman–Crippen LogP) is 4.18. The van der Waals surface area contributed by atoms with Crippen molar-refractivity contribution < 1.29 is 4.74 Å². The van der Waals surface area contributed by atoms with E-state index in [2.05, 4.69) is 38.2 Å². The highest BCUT2D eigenvalue weighted by atomic mass is 16.5. The van der Waals surface area contributed by atoms with Crippen LogP contribution in [0.25, 0.3) is 0 Å². The summed E-state index contributed by atoms with van der Waals surface area (Å²) in [5.74, 6) is 0.934. The minimum Gasteiger partial charge on any atom is -0.497 e. The molecule has 2 heteroatoms. The van der Waals surface area contributed by atoms with Gasteiger partial charge in [0.15, 0.2) is 0 Å². The fraction of sp³-hybridized carbons (Fsp3) is 0.667. The highest BCUT2D eigenvalue weighted by Crippen LogP contribution is 2.35. The molecule has 0 aliphatic heterocycles. The Labute approximate surface area is 123 Å². The monoisotopic (exact) mass is 275 g/mol.